The van der Waals surface area contributed by atoms with Gasteiger partial charge in [-0.15, -0.1) is 0 Å². The fraction of sp³-hybridized carbons (Fsp3) is 0.875. The molecule has 1 rings (SSSR count). The Morgan fingerprint density at radius 1 is 1.27 bits per heavy atom. The molecule has 2 atom stereocenters. The first-order valence-electron chi connectivity index (χ1n) is 7.92. The molecule has 5 nitrogen and oxygen atoms in total. The van der Waals surface area contributed by atoms with Gasteiger partial charge in [-0.1, -0.05) is 13.8 Å². The number of amides is 1. The van der Waals surface area contributed by atoms with Crippen molar-refractivity contribution in [1.82, 2.24) is 4.90 Å². The van der Waals surface area contributed by atoms with Crippen LogP contribution in [0.5, 0.6) is 0 Å². The Balaban J connectivity index is 2.78. The van der Waals surface area contributed by atoms with Crippen LogP contribution in [0.15, 0.2) is 0 Å². The summed E-state index contributed by atoms with van der Waals surface area (Å²) in [5.74, 6) is -0.0953. The van der Waals surface area contributed by atoms with E-state index in [1.807, 2.05) is 33.9 Å². The number of nitrogens with zero attached hydrogens (tertiary/aromatic N) is 1. The van der Waals surface area contributed by atoms with Gasteiger partial charge in [0.25, 0.3) is 0 Å². The van der Waals surface area contributed by atoms with Crippen molar-refractivity contribution in [2.75, 3.05) is 13.1 Å². The van der Waals surface area contributed by atoms with Gasteiger partial charge in [0.2, 0.25) is 0 Å². The Hall–Kier alpha value is -0.883. The summed E-state index contributed by atoms with van der Waals surface area (Å²) in [5.41, 5.74) is -0.537. The number of hydrogen-bond donors (Lipinski definition) is 1. The molecule has 1 N–H and O–H groups in total. The number of hydrogen-bond acceptors (Lipinski definition) is 4. The predicted molar refractivity (Wildman–Crippen MR) is 89.2 cm³/mol. The lowest BCUT2D eigenvalue weighted by Gasteiger charge is -2.37. The summed E-state index contributed by atoms with van der Waals surface area (Å²) < 4.78 is 5.39. The highest BCUT2D eigenvalue weighted by Crippen LogP contribution is 2.44. The minimum Gasteiger partial charge on any atom is -0.444 e. The van der Waals surface area contributed by atoms with Gasteiger partial charge in [-0.3, -0.25) is 0 Å². The van der Waals surface area contributed by atoms with Crippen LogP contribution in [0.2, 0.25) is 18.1 Å². The molecule has 0 bridgehead atoms. The number of rotatable bonds is 4. The summed E-state index contributed by atoms with van der Waals surface area (Å²) in [6, 6.07) is 0. The summed E-state index contributed by atoms with van der Waals surface area (Å²) >= 11 is 0. The number of carbonyl (C=O) groups is 2. The zero-order chi connectivity index (χ0) is 17.3. The van der Waals surface area contributed by atoms with Gasteiger partial charge in [0.15, 0.2) is 8.32 Å². The minimum absolute atomic E-state index is 0.0824. The maximum absolute atomic E-state index is 12.2. The van der Waals surface area contributed by atoms with E-state index < -0.39 is 13.9 Å². The van der Waals surface area contributed by atoms with E-state index in [2.05, 4.69) is 13.8 Å². The number of carbonyl (C=O) groups excluding carboxylic acids is 2. The molecule has 128 valence electrons. The molecule has 0 aliphatic carbocycles. The predicted octanol–water partition coefficient (Wildman–Crippen LogP) is 3.04. The molecule has 0 radical (unpaired) electrons. The van der Waals surface area contributed by atoms with Crippen LogP contribution in [-0.4, -0.2) is 49.1 Å². The highest BCUT2D eigenvalue weighted by molar-refractivity contribution is 6.72. The molecule has 1 aliphatic heterocycles. The smallest absolute Gasteiger partial charge is 0.410 e. The lowest BCUT2D eigenvalue weighted by Crippen LogP contribution is -2.41. The minimum atomic E-state index is -2.33. The fourth-order valence-corrected chi connectivity index (χ4v) is 3.41. The van der Waals surface area contributed by atoms with Crippen molar-refractivity contribution in [3.8, 4) is 0 Å². The third-order valence-corrected chi connectivity index (χ3v) is 8.26. The summed E-state index contributed by atoms with van der Waals surface area (Å²) in [6.45, 7) is 14.4. The third kappa shape index (κ3) is 4.81. The molecule has 0 aromatic heterocycles. The van der Waals surface area contributed by atoms with Crippen molar-refractivity contribution >= 4 is 20.7 Å². The van der Waals surface area contributed by atoms with Gasteiger partial charge in [0, 0.05) is 19.0 Å². The molecule has 0 aromatic carbocycles. The lowest BCUT2D eigenvalue weighted by atomic mass is 9.88. The quantitative estimate of drug-likeness (QED) is 0.636. The standard InChI is InChI=1S/C16H31NO4Si/c1-15(2,3)21-14(19)17-9-12(13(10-17)11-18)8-16(4,5)22(6,7)20/h11-13,20H,8-10H2,1-7H3/t12-,13-/m1/s1. The molecule has 1 saturated heterocycles. The molecule has 1 fully saturated rings. The van der Waals surface area contributed by atoms with E-state index in [9.17, 15) is 14.4 Å². The van der Waals surface area contributed by atoms with E-state index in [1.165, 1.54) is 0 Å². The molecule has 0 aromatic rings. The van der Waals surface area contributed by atoms with E-state index in [0.29, 0.717) is 13.1 Å². The third-order valence-electron chi connectivity index (χ3n) is 4.75. The Kier molecular flexibility index (Phi) is 5.50. The van der Waals surface area contributed by atoms with Gasteiger partial charge < -0.3 is 19.2 Å². The van der Waals surface area contributed by atoms with Gasteiger partial charge in [-0.2, -0.15) is 0 Å². The van der Waals surface area contributed by atoms with Crippen LogP contribution < -0.4 is 0 Å². The first kappa shape index (κ1) is 19.2. The van der Waals surface area contributed by atoms with Gasteiger partial charge in [0.1, 0.15) is 11.9 Å². The van der Waals surface area contributed by atoms with Crippen molar-refractivity contribution in [3.63, 3.8) is 0 Å². The first-order chi connectivity index (χ1) is 9.77. The van der Waals surface area contributed by atoms with Gasteiger partial charge in [-0.25, -0.2) is 4.79 Å². The van der Waals surface area contributed by atoms with Crippen molar-refractivity contribution in [2.24, 2.45) is 11.8 Å². The van der Waals surface area contributed by atoms with Gasteiger partial charge in [-0.05, 0) is 51.2 Å². The Morgan fingerprint density at radius 3 is 2.23 bits per heavy atom. The topological polar surface area (TPSA) is 66.8 Å². The molecular formula is C16H31NO4Si. The molecule has 0 saturated carbocycles. The highest BCUT2D eigenvalue weighted by atomic mass is 28.4. The maximum atomic E-state index is 12.2. The number of ether oxygens (including phenoxy) is 1. The molecule has 6 heteroatoms. The van der Waals surface area contributed by atoms with Gasteiger partial charge in [0.05, 0.1) is 0 Å². The zero-order valence-electron chi connectivity index (χ0n) is 15.0. The highest BCUT2D eigenvalue weighted by Gasteiger charge is 2.45. The van der Waals surface area contributed by atoms with Gasteiger partial charge >= 0.3 is 6.09 Å². The second kappa shape index (κ2) is 6.32. The second-order valence-corrected chi connectivity index (χ2v) is 13.1. The maximum Gasteiger partial charge on any atom is 0.410 e. The van der Waals surface area contributed by atoms with Crippen molar-refractivity contribution in [1.29, 1.82) is 0 Å². The van der Waals surface area contributed by atoms with Crippen LogP contribution >= 0.6 is 0 Å². The van der Waals surface area contributed by atoms with Crippen molar-refractivity contribution in [2.45, 2.75) is 64.8 Å². The summed E-state index contributed by atoms with van der Waals surface area (Å²) in [6.07, 6.45) is 1.32. The Bertz CT molecular complexity index is 423. The average molecular weight is 330 g/mol. The van der Waals surface area contributed by atoms with E-state index in [4.69, 9.17) is 4.74 Å². The summed E-state index contributed by atoms with van der Waals surface area (Å²) in [7, 11) is -2.33. The Morgan fingerprint density at radius 2 is 1.82 bits per heavy atom. The van der Waals surface area contributed by atoms with Crippen LogP contribution in [0.1, 0.15) is 41.0 Å². The fourth-order valence-electron chi connectivity index (χ4n) is 2.65. The molecule has 1 amide bonds. The van der Waals surface area contributed by atoms with Crippen molar-refractivity contribution < 1.29 is 19.1 Å². The van der Waals surface area contributed by atoms with E-state index in [1.54, 1.807) is 4.90 Å². The average Bonchev–Trinajstić information content (AvgIpc) is 2.67. The van der Waals surface area contributed by atoms with Crippen molar-refractivity contribution in [3.05, 3.63) is 0 Å². The van der Waals surface area contributed by atoms with Crippen LogP contribution in [0.25, 0.3) is 0 Å². The molecule has 0 unspecified atom stereocenters. The second-order valence-electron chi connectivity index (χ2n) is 8.59. The first-order valence-corrected chi connectivity index (χ1v) is 10.9. The monoisotopic (exact) mass is 329 g/mol. The summed E-state index contributed by atoms with van der Waals surface area (Å²) in [5, 5.41) is -0.205. The normalized spacial score (nSPS) is 23.5. The molecule has 22 heavy (non-hydrogen) atoms. The SMILES string of the molecule is CC(C)(C)OC(=O)N1C[C@@H](CC(C)(C)[Si](C)(C)O)[C@@H](C=O)C1. The molecule has 1 heterocycles. The Labute approximate surface area is 135 Å². The molecule has 0 spiro atoms. The van der Waals surface area contributed by atoms with Crippen LogP contribution in [0.4, 0.5) is 4.79 Å². The summed E-state index contributed by atoms with van der Waals surface area (Å²) in [4.78, 5) is 35.6. The molecule has 1 aliphatic rings. The van der Waals surface area contributed by atoms with Crippen LogP contribution in [0, 0.1) is 11.8 Å². The zero-order valence-corrected chi connectivity index (χ0v) is 16.0. The number of likely N-dealkylation sites (tertiary alicyclic amines) is 1. The lowest BCUT2D eigenvalue weighted by molar-refractivity contribution is -0.111. The van der Waals surface area contributed by atoms with E-state index in [-0.39, 0.29) is 23.0 Å². The molecular weight excluding hydrogens is 298 g/mol. The number of aldehydes is 1. The van der Waals surface area contributed by atoms with Crippen LogP contribution in [0.3, 0.4) is 0 Å². The van der Waals surface area contributed by atoms with E-state index in [0.717, 1.165) is 12.7 Å². The van der Waals surface area contributed by atoms with Crippen LogP contribution in [-0.2, 0) is 9.53 Å². The van der Waals surface area contributed by atoms with E-state index >= 15 is 0 Å². The largest absolute Gasteiger partial charge is 0.444 e.